The molecule has 0 radical (unpaired) electrons. The molecule has 3 heteroatoms. The average Bonchev–Trinajstić information content (AvgIpc) is 2.23. The number of rotatable bonds is 5. The van der Waals surface area contributed by atoms with Gasteiger partial charge < -0.3 is 15.2 Å². The molecule has 1 aliphatic rings. The minimum absolute atomic E-state index is 0.103. The monoisotopic (exact) mass is 243 g/mol. The highest BCUT2D eigenvalue weighted by Crippen LogP contribution is 2.36. The van der Waals surface area contributed by atoms with Gasteiger partial charge in [-0.1, -0.05) is 13.8 Å². The van der Waals surface area contributed by atoms with Crippen LogP contribution in [0.3, 0.4) is 0 Å². The van der Waals surface area contributed by atoms with E-state index in [1.54, 1.807) is 7.11 Å². The maximum atomic E-state index is 6.13. The van der Waals surface area contributed by atoms with Crippen LogP contribution in [0.1, 0.15) is 53.4 Å². The van der Waals surface area contributed by atoms with E-state index in [9.17, 15) is 0 Å². The quantitative estimate of drug-likeness (QED) is 0.807. The Bertz CT molecular complexity index is 238. The Kier molecular flexibility index (Phi) is 4.99. The van der Waals surface area contributed by atoms with Crippen molar-refractivity contribution in [1.82, 2.24) is 0 Å². The van der Waals surface area contributed by atoms with E-state index in [2.05, 4.69) is 27.7 Å². The van der Waals surface area contributed by atoms with Crippen LogP contribution in [-0.4, -0.2) is 31.5 Å². The molecule has 1 aliphatic carbocycles. The van der Waals surface area contributed by atoms with Gasteiger partial charge in [0.2, 0.25) is 0 Å². The molecule has 2 N–H and O–H groups in total. The van der Waals surface area contributed by atoms with Crippen LogP contribution in [0.4, 0.5) is 0 Å². The maximum Gasteiger partial charge on any atom is 0.0731 e. The van der Waals surface area contributed by atoms with Crippen LogP contribution in [0, 0.1) is 5.41 Å². The van der Waals surface area contributed by atoms with Crippen LogP contribution in [-0.2, 0) is 9.47 Å². The van der Waals surface area contributed by atoms with E-state index in [1.807, 2.05) is 0 Å². The Labute approximate surface area is 106 Å². The van der Waals surface area contributed by atoms with Crippen molar-refractivity contribution >= 4 is 0 Å². The first-order valence-corrected chi connectivity index (χ1v) is 6.68. The number of hydrogen-bond acceptors (Lipinski definition) is 3. The molecule has 0 spiro atoms. The molecule has 2 unspecified atom stereocenters. The molecule has 0 saturated heterocycles. The van der Waals surface area contributed by atoms with Gasteiger partial charge in [0.1, 0.15) is 0 Å². The molecule has 0 aromatic heterocycles. The van der Waals surface area contributed by atoms with E-state index in [0.717, 1.165) is 25.9 Å². The molecule has 0 aromatic carbocycles. The topological polar surface area (TPSA) is 44.5 Å². The van der Waals surface area contributed by atoms with Gasteiger partial charge in [-0.2, -0.15) is 0 Å². The summed E-state index contributed by atoms with van der Waals surface area (Å²) in [5.41, 5.74) is 6.40. The van der Waals surface area contributed by atoms with Crippen molar-refractivity contribution in [1.29, 1.82) is 0 Å². The van der Waals surface area contributed by atoms with E-state index >= 15 is 0 Å². The molecule has 102 valence electrons. The summed E-state index contributed by atoms with van der Waals surface area (Å²) in [7, 11) is 1.75. The zero-order chi connectivity index (χ0) is 13.1. The van der Waals surface area contributed by atoms with Gasteiger partial charge in [0, 0.05) is 19.8 Å². The zero-order valence-electron chi connectivity index (χ0n) is 12.1. The first-order valence-electron chi connectivity index (χ1n) is 6.68. The van der Waals surface area contributed by atoms with Gasteiger partial charge in [-0.15, -0.1) is 0 Å². The zero-order valence-corrected chi connectivity index (χ0v) is 12.1. The van der Waals surface area contributed by atoms with E-state index in [4.69, 9.17) is 15.2 Å². The van der Waals surface area contributed by atoms with Crippen LogP contribution < -0.4 is 5.73 Å². The number of methoxy groups -OCH3 is 1. The fourth-order valence-corrected chi connectivity index (χ4v) is 2.28. The lowest BCUT2D eigenvalue weighted by Gasteiger charge is -2.39. The predicted octanol–water partition coefficient (Wildman–Crippen LogP) is 2.72. The van der Waals surface area contributed by atoms with Crippen molar-refractivity contribution in [2.45, 2.75) is 71.1 Å². The molecule has 0 aliphatic heterocycles. The molecule has 0 bridgehead atoms. The molecular weight excluding hydrogens is 214 g/mol. The summed E-state index contributed by atoms with van der Waals surface area (Å²) in [6, 6.07) is 0.202. The van der Waals surface area contributed by atoms with Gasteiger partial charge in [-0.3, -0.25) is 0 Å². The molecule has 2 atom stereocenters. The highest BCUT2D eigenvalue weighted by Gasteiger charge is 2.33. The van der Waals surface area contributed by atoms with Gasteiger partial charge in [0.15, 0.2) is 0 Å². The molecule has 0 amide bonds. The molecule has 1 fully saturated rings. The summed E-state index contributed by atoms with van der Waals surface area (Å²) < 4.78 is 11.3. The summed E-state index contributed by atoms with van der Waals surface area (Å²) in [6.07, 6.45) is 4.48. The Balaban J connectivity index is 2.35. The maximum absolute atomic E-state index is 6.13. The molecule has 1 rings (SSSR count). The normalized spacial score (nSPS) is 29.3. The summed E-state index contributed by atoms with van der Waals surface area (Å²) in [4.78, 5) is 0. The molecule has 3 nitrogen and oxygen atoms in total. The standard InChI is InChI=1S/C14H29NO2/c1-13(2)7-6-11(15)12(10-13)17-9-8-14(3,4)16-5/h11-12H,6-10,15H2,1-5H3. The first kappa shape index (κ1) is 14.9. The van der Waals surface area contributed by atoms with E-state index < -0.39 is 0 Å². The average molecular weight is 243 g/mol. The predicted molar refractivity (Wildman–Crippen MR) is 71.1 cm³/mol. The lowest BCUT2D eigenvalue weighted by molar-refractivity contribution is -0.0537. The highest BCUT2D eigenvalue weighted by molar-refractivity contribution is 4.88. The van der Waals surface area contributed by atoms with Crippen LogP contribution in [0.15, 0.2) is 0 Å². The first-order chi connectivity index (χ1) is 7.76. The van der Waals surface area contributed by atoms with E-state index in [1.165, 1.54) is 6.42 Å². The highest BCUT2D eigenvalue weighted by atomic mass is 16.5. The van der Waals surface area contributed by atoms with Crippen LogP contribution in [0.25, 0.3) is 0 Å². The van der Waals surface area contributed by atoms with E-state index in [0.29, 0.717) is 5.41 Å². The van der Waals surface area contributed by atoms with Gasteiger partial charge in [-0.05, 0) is 44.9 Å². The number of hydrogen-bond donors (Lipinski definition) is 1. The fraction of sp³-hybridized carbons (Fsp3) is 1.00. The Hall–Kier alpha value is -0.120. The smallest absolute Gasteiger partial charge is 0.0731 e. The fourth-order valence-electron chi connectivity index (χ4n) is 2.28. The summed E-state index contributed by atoms with van der Waals surface area (Å²) >= 11 is 0. The number of nitrogens with two attached hydrogens (primary N) is 1. The van der Waals surface area contributed by atoms with Crippen LogP contribution in [0.5, 0.6) is 0 Å². The minimum Gasteiger partial charge on any atom is -0.379 e. The largest absolute Gasteiger partial charge is 0.379 e. The Morgan fingerprint density at radius 1 is 1.35 bits per heavy atom. The lowest BCUT2D eigenvalue weighted by atomic mass is 9.74. The summed E-state index contributed by atoms with van der Waals surface area (Å²) in [5, 5.41) is 0. The van der Waals surface area contributed by atoms with Crippen LogP contribution >= 0.6 is 0 Å². The second-order valence-electron chi connectivity index (χ2n) is 6.69. The minimum atomic E-state index is -0.103. The number of ether oxygens (including phenoxy) is 2. The van der Waals surface area contributed by atoms with Crippen molar-refractivity contribution < 1.29 is 9.47 Å². The van der Waals surface area contributed by atoms with Crippen molar-refractivity contribution in [3.05, 3.63) is 0 Å². The molecule has 1 saturated carbocycles. The lowest BCUT2D eigenvalue weighted by Crippen LogP contribution is -2.45. The second-order valence-corrected chi connectivity index (χ2v) is 6.69. The third-order valence-electron chi connectivity index (χ3n) is 3.97. The summed E-state index contributed by atoms with van der Waals surface area (Å²) in [5.74, 6) is 0. The SMILES string of the molecule is COC(C)(C)CCOC1CC(C)(C)CCC1N. The third-order valence-corrected chi connectivity index (χ3v) is 3.97. The second kappa shape index (κ2) is 5.68. The van der Waals surface area contributed by atoms with Gasteiger partial charge in [0.05, 0.1) is 11.7 Å². The summed E-state index contributed by atoms with van der Waals surface area (Å²) in [6.45, 7) is 9.50. The Morgan fingerprint density at radius 2 is 2.00 bits per heavy atom. The van der Waals surface area contributed by atoms with Gasteiger partial charge >= 0.3 is 0 Å². The molecular formula is C14H29NO2. The van der Waals surface area contributed by atoms with Crippen molar-refractivity contribution in [3.8, 4) is 0 Å². The van der Waals surface area contributed by atoms with Crippen LogP contribution in [0.2, 0.25) is 0 Å². The van der Waals surface area contributed by atoms with Crippen molar-refractivity contribution in [2.75, 3.05) is 13.7 Å². The van der Waals surface area contributed by atoms with Crippen molar-refractivity contribution in [2.24, 2.45) is 11.1 Å². The van der Waals surface area contributed by atoms with E-state index in [-0.39, 0.29) is 17.7 Å². The molecule has 0 heterocycles. The van der Waals surface area contributed by atoms with Gasteiger partial charge in [0.25, 0.3) is 0 Å². The molecule has 0 aromatic rings. The van der Waals surface area contributed by atoms with Gasteiger partial charge in [-0.25, -0.2) is 0 Å². The third kappa shape index (κ3) is 4.94. The Morgan fingerprint density at radius 3 is 2.59 bits per heavy atom. The molecule has 17 heavy (non-hydrogen) atoms. The van der Waals surface area contributed by atoms with Crippen molar-refractivity contribution in [3.63, 3.8) is 0 Å².